The van der Waals surface area contributed by atoms with Gasteiger partial charge < -0.3 is 10.1 Å². The number of rotatable bonds is 6. The molecule has 35 heavy (non-hydrogen) atoms. The van der Waals surface area contributed by atoms with Gasteiger partial charge in [-0.2, -0.15) is 0 Å². The Morgan fingerprint density at radius 1 is 1.03 bits per heavy atom. The van der Waals surface area contributed by atoms with Crippen LogP contribution in [0.3, 0.4) is 0 Å². The molecule has 0 saturated heterocycles. The molecule has 0 atom stereocenters. The summed E-state index contributed by atoms with van der Waals surface area (Å²) in [6, 6.07) is 14.7. The van der Waals surface area contributed by atoms with Crippen LogP contribution >= 0.6 is 0 Å². The number of hydrogen-bond donors (Lipinski definition) is 2. The Morgan fingerprint density at radius 2 is 1.86 bits per heavy atom. The van der Waals surface area contributed by atoms with Crippen molar-refractivity contribution < 1.29 is 22.7 Å². The van der Waals surface area contributed by atoms with Gasteiger partial charge in [-0.25, -0.2) is 13.2 Å². The molecule has 0 saturated carbocycles. The van der Waals surface area contributed by atoms with Crippen molar-refractivity contribution in [3.8, 4) is 0 Å². The molecule has 1 aliphatic heterocycles. The molecule has 0 fully saturated rings. The number of nitrogens with one attached hydrogen (secondary N) is 2. The topological polar surface area (TPSA) is 127 Å². The highest BCUT2D eigenvalue weighted by atomic mass is 32.2. The number of aromatic nitrogens is 1. The van der Waals surface area contributed by atoms with Crippen LogP contribution in [0.1, 0.15) is 41.7 Å². The van der Waals surface area contributed by atoms with Crippen LogP contribution in [0.15, 0.2) is 64.5 Å². The number of carbonyl (C=O) groups excluding carboxylic acids is 2. The van der Waals surface area contributed by atoms with Gasteiger partial charge in [0.25, 0.3) is 15.9 Å². The van der Waals surface area contributed by atoms with E-state index in [2.05, 4.69) is 20.0 Å². The fourth-order valence-corrected chi connectivity index (χ4v) is 4.93. The van der Waals surface area contributed by atoms with Crippen molar-refractivity contribution in [2.45, 2.75) is 37.5 Å². The van der Waals surface area contributed by atoms with Crippen LogP contribution in [0, 0.1) is 6.92 Å². The molecule has 2 N–H and O–H groups in total. The molecule has 10 heteroatoms. The van der Waals surface area contributed by atoms with E-state index in [0.717, 1.165) is 19.3 Å². The summed E-state index contributed by atoms with van der Waals surface area (Å²) in [5.74, 6) is -0.793. The number of fused-ring (bicyclic) bond motifs is 1. The van der Waals surface area contributed by atoms with E-state index in [0.29, 0.717) is 41.0 Å². The number of esters is 1. The second-order valence-electron chi connectivity index (χ2n) is 8.23. The number of amides is 1. The van der Waals surface area contributed by atoms with Gasteiger partial charge >= 0.3 is 5.97 Å². The van der Waals surface area contributed by atoms with Crippen LogP contribution in [0.25, 0.3) is 10.9 Å². The van der Waals surface area contributed by atoms with Gasteiger partial charge in [-0.15, -0.1) is 0 Å². The SMILES string of the molecule is Cc1cc(C(=O)OCC(=O)Nc2cccc(S(=O)(=O)NC3=NCCCCC3)c2)c2ccccc2n1. The van der Waals surface area contributed by atoms with Crippen molar-refractivity contribution >= 4 is 44.3 Å². The first-order chi connectivity index (χ1) is 16.8. The predicted octanol–water partition coefficient (Wildman–Crippen LogP) is 3.59. The predicted molar refractivity (Wildman–Crippen MR) is 133 cm³/mol. The third-order valence-corrected chi connectivity index (χ3v) is 6.83. The summed E-state index contributed by atoms with van der Waals surface area (Å²) in [4.78, 5) is 33.7. The van der Waals surface area contributed by atoms with E-state index >= 15 is 0 Å². The van der Waals surface area contributed by atoms with Gasteiger partial charge in [-0.1, -0.05) is 30.7 Å². The molecule has 0 unspecified atom stereocenters. The van der Waals surface area contributed by atoms with Crippen molar-refractivity contribution in [2.24, 2.45) is 4.99 Å². The quantitative estimate of drug-likeness (QED) is 0.504. The minimum Gasteiger partial charge on any atom is -0.452 e. The van der Waals surface area contributed by atoms with Gasteiger partial charge in [0.2, 0.25) is 0 Å². The van der Waals surface area contributed by atoms with E-state index in [1.807, 2.05) is 6.07 Å². The summed E-state index contributed by atoms with van der Waals surface area (Å²) in [5, 5.41) is 3.20. The number of aliphatic imine (C=N–C) groups is 1. The lowest BCUT2D eigenvalue weighted by Gasteiger charge is -2.12. The standard InChI is InChI=1S/C25H26N4O5S/c1-17-14-21(20-10-4-5-11-22(20)27-17)25(31)34-16-24(30)28-18-8-7-9-19(15-18)35(32,33)29-23-12-3-2-6-13-26-23/h4-5,7-11,14-15H,2-3,6,12-13,16H2,1H3,(H,26,29)(H,28,30). The number of amidine groups is 1. The Bertz CT molecular complexity index is 1400. The highest BCUT2D eigenvalue weighted by Crippen LogP contribution is 2.20. The van der Waals surface area contributed by atoms with Gasteiger partial charge in [0.15, 0.2) is 6.61 Å². The Balaban J connectivity index is 1.40. The van der Waals surface area contributed by atoms with Crippen LogP contribution in [0.2, 0.25) is 0 Å². The first-order valence-electron chi connectivity index (χ1n) is 11.3. The smallest absolute Gasteiger partial charge is 0.339 e. The maximum absolute atomic E-state index is 12.8. The molecule has 0 spiro atoms. The summed E-state index contributed by atoms with van der Waals surface area (Å²) in [7, 11) is -3.84. The van der Waals surface area contributed by atoms with Gasteiger partial charge in [-0.3, -0.25) is 19.5 Å². The maximum atomic E-state index is 12.8. The highest BCUT2D eigenvalue weighted by Gasteiger charge is 2.19. The average molecular weight is 495 g/mol. The third kappa shape index (κ3) is 6.21. The maximum Gasteiger partial charge on any atom is 0.339 e. The van der Waals surface area contributed by atoms with Crippen molar-refractivity contribution in [3.63, 3.8) is 0 Å². The molecule has 182 valence electrons. The number of nitrogens with zero attached hydrogens (tertiary/aromatic N) is 2. The van der Waals surface area contributed by atoms with Crippen LogP contribution in [-0.2, 0) is 19.6 Å². The molecule has 0 radical (unpaired) electrons. The zero-order chi connectivity index (χ0) is 24.8. The molecule has 2 aromatic carbocycles. The van der Waals surface area contributed by atoms with E-state index in [9.17, 15) is 18.0 Å². The largest absolute Gasteiger partial charge is 0.452 e. The van der Waals surface area contributed by atoms with Gasteiger partial charge in [0.1, 0.15) is 5.84 Å². The van der Waals surface area contributed by atoms with Gasteiger partial charge in [0.05, 0.1) is 16.0 Å². The monoisotopic (exact) mass is 494 g/mol. The summed E-state index contributed by atoms with van der Waals surface area (Å²) < 4.78 is 33.3. The van der Waals surface area contributed by atoms with Gasteiger partial charge in [0, 0.05) is 29.7 Å². The van der Waals surface area contributed by atoms with Crippen molar-refractivity contribution in [3.05, 3.63) is 65.9 Å². The number of anilines is 1. The number of sulfonamides is 1. The normalized spacial score (nSPS) is 14.0. The molecule has 4 rings (SSSR count). The Labute approximate surface area is 203 Å². The number of benzene rings is 2. The van der Waals surface area contributed by atoms with Crippen LogP contribution in [0.4, 0.5) is 5.69 Å². The summed E-state index contributed by atoms with van der Waals surface area (Å²) in [6.07, 6.45) is 3.41. The van der Waals surface area contributed by atoms with Crippen LogP contribution < -0.4 is 10.0 Å². The Hall–Kier alpha value is -3.79. The average Bonchev–Trinajstić information content (AvgIpc) is 3.10. The first-order valence-corrected chi connectivity index (χ1v) is 12.8. The molecule has 3 aromatic rings. The number of aryl methyl sites for hydroxylation is 1. The van der Waals surface area contributed by atoms with Crippen molar-refractivity contribution in [2.75, 3.05) is 18.5 Å². The second-order valence-corrected chi connectivity index (χ2v) is 9.91. The lowest BCUT2D eigenvalue weighted by Crippen LogP contribution is -2.30. The zero-order valence-electron chi connectivity index (χ0n) is 19.3. The Morgan fingerprint density at radius 3 is 2.71 bits per heavy atom. The third-order valence-electron chi connectivity index (χ3n) is 5.45. The summed E-state index contributed by atoms with van der Waals surface area (Å²) in [5.41, 5.74) is 1.90. The molecule has 9 nitrogen and oxygen atoms in total. The van der Waals surface area contributed by atoms with E-state index in [1.165, 1.54) is 18.2 Å². The lowest BCUT2D eigenvalue weighted by molar-refractivity contribution is -0.119. The molecule has 0 aliphatic carbocycles. The molecule has 1 aromatic heterocycles. The molecule has 1 amide bonds. The van der Waals surface area contributed by atoms with E-state index in [1.54, 1.807) is 37.3 Å². The van der Waals surface area contributed by atoms with Crippen molar-refractivity contribution in [1.82, 2.24) is 9.71 Å². The zero-order valence-corrected chi connectivity index (χ0v) is 20.1. The van der Waals surface area contributed by atoms with Crippen LogP contribution in [0.5, 0.6) is 0 Å². The lowest BCUT2D eigenvalue weighted by atomic mass is 10.1. The molecule has 0 bridgehead atoms. The Kier molecular flexibility index (Phi) is 7.40. The van der Waals surface area contributed by atoms with Crippen LogP contribution in [-0.4, -0.2) is 44.3 Å². The van der Waals surface area contributed by atoms with E-state index in [4.69, 9.17) is 4.74 Å². The highest BCUT2D eigenvalue weighted by molar-refractivity contribution is 7.90. The number of carbonyl (C=O) groups is 2. The number of hydrogen-bond acceptors (Lipinski definition) is 7. The molecular weight excluding hydrogens is 468 g/mol. The van der Waals surface area contributed by atoms with E-state index in [-0.39, 0.29) is 10.6 Å². The van der Waals surface area contributed by atoms with Crippen molar-refractivity contribution in [1.29, 1.82) is 0 Å². The number of ether oxygens (including phenoxy) is 1. The second kappa shape index (κ2) is 10.6. The molecule has 1 aliphatic rings. The minimum atomic E-state index is -3.84. The van der Waals surface area contributed by atoms with E-state index < -0.39 is 28.5 Å². The fraction of sp³-hybridized carbons (Fsp3) is 0.280. The fourth-order valence-electron chi connectivity index (χ4n) is 3.80. The number of pyridine rings is 1. The number of para-hydroxylation sites is 1. The molecular formula is C25H26N4O5S. The first kappa shape index (κ1) is 24.3. The summed E-state index contributed by atoms with van der Waals surface area (Å²) in [6.45, 7) is 1.84. The molecule has 2 heterocycles. The summed E-state index contributed by atoms with van der Waals surface area (Å²) >= 11 is 0. The van der Waals surface area contributed by atoms with Gasteiger partial charge in [-0.05, 0) is 50.1 Å². The minimum absolute atomic E-state index is 0.00188.